The van der Waals surface area contributed by atoms with Crippen LogP contribution in [0.2, 0.25) is 0 Å². The average molecular weight is 686 g/mol. The number of carbonyl (C=O) groups excluding carboxylic acids is 1. The number of hydrogen-bond donors (Lipinski definition) is 3. The summed E-state index contributed by atoms with van der Waals surface area (Å²) in [5.41, 5.74) is 7.12. The first-order chi connectivity index (χ1) is 24.5. The summed E-state index contributed by atoms with van der Waals surface area (Å²) in [5.74, 6) is 0.622. The summed E-state index contributed by atoms with van der Waals surface area (Å²) in [6.45, 7) is 0.369. The van der Waals surface area contributed by atoms with E-state index in [9.17, 15) is 15.0 Å². The Hall–Kier alpha value is -5.33. The number of ether oxygens (including phenoxy) is 2. The van der Waals surface area contributed by atoms with E-state index in [1.165, 1.54) is 11.8 Å². The van der Waals surface area contributed by atoms with Crippen molar-refractivity contribution in [3.63, 3.8) is 0 Å². The van der Waals surface area contributed by atoms with Gasteiger partial charge in [-0.25, -0.2) is 0 Å². The Kier molecular flexibility index (Phi) is 10.3. The molecule has 1 amide bonds. The molecule has 1 aromatic heterocycles. The van der Waals surface area contributed by atoms with E-state index in [0.29, 0.717) is 29.4 Å². The Labute approximate surface area is 293 Å². The van der Waals surface area contributed by atoms with E-state index in [-0.39, 0.29) is 30.5 Å². The van der Waals surface area contributed by atoms with Gasteiger partial charge in [0.2, 0.25) is 5.16 Å². The second kappa shape index (κ2) is 15.5. The summed E-state index contributed by atoms with van der Waals surface area (Å²) in [6.07, 6.45) is -0.448. The van der Waals surface area contributed by atoms with Gasteiger partial charge in [0.15, 0.2) is 6.29 Å². The highest BCUT2D eigenvalue weighted by Gasteiger charge is 2.33. The number of aliphatic hydroxyl groups excluding tert-OH is 1. The van der Waals surface area contributed by atoms with Crippen LogP contribution in [0.5, 0.6) is 5.75 Å². The minimum Gasteiger partial charge on any atom is -0.508 e. The number of phenols is 1. The van der Waals surface area contributed by atoms with Crippen LogP contribution in [0, 0.1) is 0 Å². The fourth-order valence-corrected chi connectivity index (χ4v) is 6.77. The van der Waals surface area contributed by atoms with Crippen LogP contribution in [0.25, 0.3) is 16.8 Å². The van der Waals surface area contributed by atoms with E-state index < -0.39 is 6.29 Å². The summed E-state index contributed by atoms with van der Waals surface area (Å²) in [4.78, 5) is 12.7. The van der Waals surface area contributed by atoms with Crippen molar-refractivity contribution in [1.29, 1.82) is 0 Å². The number of nitrogens with one attached hydrogen (secondary N) is 1. The highest BCUT2D eigenvalue weighted by atomic mass is 32.2. The zero-order valence-corrected chi connectivity index (χ0v) is 27.8. The van der Waals surface area contributed by atoms with E-state index in [1.807, 2.05) is 72.8 Å². The largest absolute Gasteiger partial charge is 0.508 e. The first kappa shape index (κ1) is 33.2. The maximum atomic E-state index is 12.7. The molecule has 1 fully saturated rings. The lowest BCUT2D eigenvalue weighted by Crippen LogP contribution is -2.31. The molecule has 7 rings (SSSR count). The third-order valence-corrected chi connectivity index (χ3v) is 9.59. The van der Waals surface area contributed by atoms with Crippen molar-refractivity contribution in [3.8, 4) is 22.6 Å². The SMILES string of the molecule is O=C(NCc1ccccc1-c1ccc(C2OC(CSc3nnnn3-c3ccc(O)cc3)CC(c3ccc(CO)cc3)O2)cc1)c1ccccc1. The van der Waals surface area contributed by atoms with Crippen LogP contribution in [-0.4, -0.2) is 48.2 Å². The molecule has 10 nitrogen and oxygen atoms in total. The summed E-state index contributed by atoms with van der Waals surface area (Å²) >= 11 is 1.49. The van der Waals surface area contributed by atoms with Crippen LogP contribution in [0.1, 0.15) is 51.4 Å². The number of aliphatic hydroxyl groups is 1. The van der Waals surface area contributed by atoms with Gasteiger partial charge in [0.1, 0.15) is 5.75 Å². The normalized spacial score (nSPS) is 17.3. The minimum absolute atomic E-state index is 0.0264. The van der Waals surface area contributed by atoms with Crippen molar-refractivity contribution < 1.29 is 24.5 Å². The second-order valence-corrected chi connectivity index (χ2v) is 12.9. The second-order valence-electron chi connectivity index (χ2n) is 11.9. The van der Waals surface area contributed by atoms with Gasteiger partial charge in [-0.1, -0.05) is 103 Å². The smallest absolute Gasteiger partial charge is 0.251 e. The molecule has 0 saturated carbocycles. The van der Waals surface area contributed by atoms with Gasteiger partial charge in [-0.15, -0.1) is 5.10 Å². The van der Waals surface area contributed by atoms with Crippen molar-refractivity contribution in [2.75, 3.05) is 5.75 Å². The maximum Gasteiger partial charge on any atom is 0.251 e. The number of benzene rings is 5. The predicted molar refractivity (Wildman–Crippen MR) is 189 cm³/mol. The lowest BCUT2D eigenvalue weighted by atomic mass is 9.97. The average Bonchev–Trinajstić information content (AvgIpc) is 3.65. The topological polar surface area (TPSA) is 132 Å². The molecular weight excluding hydrogens is 651 g/mol. The molecule has 11 heteroatoms. The van der Waals surface area contributed by atoms with Gasteiger partial charge in [0.25, 0.3) is 5.91 Å². The quantitative estimate of drug-likeness (QED) is 0.126. The predicted octanol–water partition coefficient (Wildman–Crippen LogP) is 6.79. The highest BCUT2D eigenvalue weighted by molar-refractivity contribution is 7.99. The molecule has 2 heterocycles. The van der Waals surface area contributed by atoms with Crippen LogP contribution in [-0.2, 0) is 22.6 Å². The van der Waals surface area contributed by atoms with Gasteiger partial charge in [0.05, 0.1) is 24.5 Å². The molecule has 0 spiro atoms. The standard InChI is InChI=1S/C39H35N5O5S/c45-24-26-10-12-28(13-11-26)36-22-34(25-50-39-41-42-43-44(39)32-18-20-33(46)21-19-32)48-38(49-36)30-16-14-27(15-17-30)35-9-5-4-8-31(35)23-40-37(47)29-6-2-1-3-7-29/h1-21,34,36,38,45-46H,22-25H2,(H,40,47). The molecule has 3 atom stereocenters. The molecule has 6 aromatic rings. The van der Waals surface area contributed by atoms with E-state index in [0.717, 1.165) is 39.1 Å². The number of phenolic OH excluding ortho intramolecular Hbond substituents is 1. The Balaban J connectivity index is 1.08. The van der Waals surface area contributed by atoms with Gasteiger partial charge in [-0.3, -0.25) is 4.79 Å². The van der Waals surface area contributed by atoms with E-state index in [1.54, 1.807) is 41.1 Å². The third kappa shape index (κ3) is 7.77. The fraction of sp³-hybridized carbons (Fsp3) is 0.179. The number of aromatic nitrogens is 4. The van der Waals surface area contributed by atoms with E-state index >= 15 is 0 Å². The Morgan fingerprint density at radius 3 is 2.32 bits per heavy atom. The molecule has 0 aliphatic carbocycles. The number of nitrogens with zero attached hydrogens (tertiary/aromatic N) is 4. The van der Waals surface area contributed by atoms with Crippen molar-refractivity contribution >= 4 is 17.7 Å². The van der Waals surface area contributed by atoms with Crippen molar-refractivity contribution in [3.05, 3.63) is 155 Å². The van der Waals surface area contributed by atoms with E-state index in [4.69, 9.17) is 9.47 Å². The van der Waals surface area contributed by atoms with Crippen LogP contribution in [0.3, 0.4) is 0 Å². The van der Waals surface area contributed by atoms with Gasteiger partial charge in [-0.2, -0.15) is 4.68 Å². The molecule has 0 radical (unpaired) electrons. The Morgan fingerprint density at radius 1 is 0.840 bits per heavy atom. The number of thioether (sulfide) groups is 1. The van der Waals surface area contributed by atoms with Gasteiger partial charge < -0.3 is 25.0 Å². The molecule has 3 N–H and O–H groups in total. The van der Waals surface area contributed by atoms with Crippen molar-refractivity contribution in [2.45, 2.75) is 43.2 Å². The summed E-state index contributed by atoms with van der Waals surface area (Å²) in [7, 11) is 0. The molecule has 1 aliphatic rings. The zero-order chi connectivity index (χ0) is 34.3. The highest BCUT2D eigenvalue weighted by Crippen LogP contribution is 2.40. The number of rotatable bonds is 11. The molecule has 5 aromatic carbocycles. The van der Waals surface area contributed by atoms with Gasteiger partial charge >= 0.3 is 0 Å². The lowest BCUT2D eigenvalue weighted by Gasteiger charge is -2.36. The maximum absolute atomic E-state index is 12.7. The first-order valence-electron chi connectivity index (χ1n) is 16.3. The van der Waals surface area contributed by atoms with Crippen LogP contribution < -0.4 is 5.32 Å². The number of tetrazole rings is 1. The van der Waals surface area contributed by atoms with Crippen molar-refractivity contribution in [1.82, 2.24) is 25.5 Å². The lowest BCUT2D eigenvalue weighted by molar-refractivity contribution is -0.245. The molecule has 1 aliphatic heterocycles. The van der Waals surface area contributed by atoms with Gasteiger partial charge in [0, 0.05) is 29.8 Å². The Bertz CT molecular complexity index is 2020. The van der Waals surface area contributed by atoms with Crippen LogP contribution in [0.4, 0.5) is 0 Å². The van der Waals surface area contributed by atoms with Crippen LogP contribution >= 0.6 is 11.8 Å². The molecule has 0 bridgehead atoms. The fourth-order valence-electron chi connectivity index (χ4n) is 5.86. The summed E-state index contributed by atoms with van der Waals surface area (Å²) in [6, 6.07) is 39.9. The van der Waals surface area contributed by atoms with Gasteiger partial charge in [-0.05, 0) is 74.6 Å². The number of aromatic hydroxyl groups is 1. The third-order valence-electron chi connectivity index (χ3n) is 8.54. The Morgan fingerprint density at radius 2 is 1.56 bits per heavy atom. The number of amides is 1. The minimum atomic E-state index is -0.626. The molecule has 252 valence electrons. The molecule has 1 saturated heterocycles. The summed E-state index contributed by atoms with van der Waals surface area (Å²) in [5, 5.41) is 35.2. The monoisotopic (exact) mass is 685 g/mol. The van der Waals surface area contributed by atoms with E-state index in [2.05, 4.69) is 39.0 Å². The molecule has 50 heavy (non-hydrogen) atoms. The number of carbonyl (C=O) groups is 1. The van der Waals surface area contributed by atoms with Crippen LogP contribution in [0.15, 0.2) is 133 Å². The summed E-state index contributed by atoms with van der Waals surface area (Å²) < 4.78 is 14.8. The van der Waals surface area contributed by atoms with Crippen molar-refractivity contribution in [2.24, 2.45) is 0 Å². The number of hydrogen-bond acceptors (Lipinski definition) is 9. The molecular formula is C39H35N5O5S. The molecule has 3 unspecified atom stereocenters. The zero-order valence-electron chi connectivity index (χ0n) is 27.0. The first-order valence-corrected chi connectivity index (χ1v) is 17.3.